The lowest BCUT2D eigenvalue weighted by Gasteiger charge is -2.41. The van der Waals surface area contributed by atoms with Crippen LogP contribution >= 0.6 is 11.8 Å². The molecule has 0 aliphatic carbocycles. The Kier molecular flexibility index (Phi) is 6.00. The van der Waals surface area contributed by atoms with E-state index in [0.717, 1.165) is 11.3 Å². The van der Waals surface area contributed by atoms with Gasteiger partial charge >= 0.3 is 0 Å². The number of hydrogen-bond acceptors (Lipinski definition) is 11. The molecule has 3 aromatic heterocycles. The van der Waals surface area contributed by atoms with Crippen LogP contribution in [-0.2, 0) is 7.05 Å². The fourth-order valence-electron chi connectivity index (χ4n) is 5.02. The minimum absolute atomic E-state index is 0.187. The van der Waals surface area contributed by atoms with Crippen LogP contribution in [0.2, 0.25) is 0 Å². The molecule has 0 unspecified atom stereocenters. The second-order valence-corrected chi connectivity index (χ2v) is 10.5. The summed E-state index contributed by atoms with van der Waals surface area (Å²) in [6.07, 6.45) is 4.86. The van der Waals surface area contributed by atoms with E-state index in [-0.39, 0.29) is 23.3 Å². The van der Waals surface area contributed by atoms with E-state index in [4.69, 9.17) is 16.2 Å². The molecule has 38 heavy (non-hydrogen) atoms. The first-order valence-corrected chi connectivity index (χ1v) is 13.1. The van der Waals surface area contributed by atoms with Crippen LogP contribution in [-0.4, -0.2) is 54.2 Å². The number of para-hydroxylation sites is 1. The predicted molar refractivity (Wildman–Crippen MR) is 143 cm³/mol. The molecule has 2 aliphatic rings. The van der Waals surface area contributed by atoms with Crippen LogP contribution in [0, 0.1) is 0 Å². The SMILES string of the molecule is CC(=O)c1nc(Sc2ccnc(-c3ccn(C)n3)n2)c(N)nc1N1CCC2(CC1)Oc1ccccc1[C@H]2N. The molecule has 1 spiro atoms. The number of aromatic nitrogens is 6. The van der Waals surface area contributed by atoms with Gasteiger partial charge in [-0.25, -0.2) is 19.9 Å². The Morgan fingerprint density at radius 3 is 2.63 bits per heavy atom. The third kappa shape index (κ3) is 4.25. The van der Waals surface area contributed by atoms with E-state index in [9.17, 15) is 4.79 Å². The van der Waals surface area contributed by atoms with Gasteiger partial charge in [0.25, 0.3) is 0 Å². The normalized spacial score (nSPS) is 17.9. The number of Topliss-reactive ketones (excluding diaryl/α,β-unsaturated/α-hetero) is 1. The molecule has 4 aromatic rings. The fraction of sp³-hybridized carbons (Fsp3) is 0.308. The van der Waals surface area contributed by atoms with Crippen molar-refractivity contribution in [2.45, 2.75) is 41.5 Å². The Hall–Kier alpha value is -4.03. The van der Waals surface area contributed by atoms with E-state index >= 15 is 0 Å². The van der Waals surface area contributed by atoms with Crippen molar-refractivity contribution >= 4 is 29.2 Å². The number of ketones is 1. The quantitative estimate of drug-likeness (QED) is 0.290. The molecule has 2 aliphatic heterocycles. The second-order valence-electron chi connectivity index (χ2n) is 9.51. The van der Waals surface area contributed by atoms with Gasteiger partial charge in [-0.05, 0) is 30.0 Å². The molecule has 1 saturated heterocycles. The number of carbonyl (C=O) groups is 1. The van der Waals surface area contributed by atoms with Crippen LogP contribution in [0.15, 0.2) is 58.8 Å². The van der Waals surface area contributed by atoms with E-state index < -0.39 is 5.60 Å². The summed E-state index contributed by atoms with van der Waals surface area (Å²) in [7, 11) is 1.83. The van der Waals surface area contributed by atoms with Crippen molar-refractivity contribution in [3.8, 4) is 17.3 Å². The van der Waals surface area contributed by atoms with Crippen molar-refractivity contribution in [3.63, 3.8) is 0 Å². The summed E-state index contributed by atoms with van der Waals surface area (Å²) < 4.78 is 8.05. The van der Waals surface area contributed by atoms with Crippen molar-refractivity contribution in [2.75, 3.05) is 23.7 Å². The molecule has 0 amide bonds. The molecule has 6 rings (SSSR count). The molecule has 0 bridgehead atoms. The fourth-order valence-corrected chi connectivity index (χ4v) is 5.76. The number of ether oxygens (including phenoxy) is 1. The summed E-state index contributed by atoms with van der Waals surface area (Å²) in [6.45, 7) is 2.71. The molecular weight excluding hydrogens is 502 g/mol. The van der Waals surface area contributed by atoms with Gasteiger partial charge in [0.05, 0.1) is 6.04 Å². The number of nitrogen functional groups attached to an aromatic ring is 1. The third-order valence-corrected chi connectivity index (χ3v) is 7.95. The maximum Gasteiger partial charge on any atom is 0.181 e. The summed E-state index contributed by atoms with van der Waals surface area (Å²) in [5, 5.41) is 5.39. The van der Waals surface area contributed by atoms with Crippen molar-refractivity contribution in [2.24, 2.45) is 12.8 Å². The van der Waals surface area contributed by atoms with Gasteiger partial charge < -0.3 is 21.1 Å². The van der Waals surface area contributed by atoms with E-state index in [2.05, 4.69) is 25.0 Å². The summed E-state index contributed by atoms with van der Waals surface area (Å²) in [6, 6.07) is 11.3. The lowest BCUT2D eigenvalue weighted by molar-refractivity contribution is 0.0430. The Morgan fingerprint density at radius 2 is 1.92 bits per heavy atom. The highest BCUT2D eigenvalue weighted by Crippen LogP contribution is 2.47. The zero-order valence-corrected chi connectivity index (χ0v) is 21.9. The Morgan fingerprint density at radius 1 is 1.13 bits per heavy atom. The number of rotatable bonds is 5. The number of benzene rings is 1. The minimum Gasteiger partial charge on any atom is -0.485 e. The number of carbonyl (C=O) groups excluding carboxylic acids is 1. The van der Waals surface area contributed by atoms with Gasteiger partial charge in [0.1, 0.15) is 32.8 Å². The monoisotopic (exact) mass is 529 g/mol. The molecule has 1 aromatic carbocycles. The zero-order valence-electron chi connectivity index (χ0n) is 21.0. The van der Waals surface area contributed by atoms with E-state index in [1.54, 1.807) is 16.9 Å². The number of piperidine rings is 1. The Labute approximate surface area is 223 Å². The summed E-state index contributed by atoms with van der Waals surface area (Å²) in [5.41, 5.74) is 14.5. The molecule has 5 heterocycles. The number of anilines is 2. The third-order valence-electron chi connectivity index (χ3n) is 7.02. The van der Waals surface area contributed by atoms with Gasteiger partial charge in [-0.3, -0.25) is 9.48 Å². The highest BCUT2D eigenvalue weighted by molar-refractivity contribution is 7.99. The molecule has 0 radical (unpaired) electrons. The molecule has 1 fully saturated rings. The lowest BCUT2D eigenvalue weighted by Crippen LogP contribution is -2.52. The van der Waals surface area contributed by atoms with Crippen molar-refractivity contribution in [1.29, 1.82) is 0 Å². The van der Waals surface area contributed by atoms with Crippen molar-refractivity contribution in [3.05, 3.63) is 60.0 Å². The van der Waals surface area contributed by atoms with E-state index in [1.807, 2.05) is 48.5 Å². The first kappa shape index (κ1) is 24.3. The first-order chi connectivity index (χ1) is 18.3. The summed E-state index contributed by atoms with van der Waals surface area (Å²) >= 11 is 1.23. The number of hydrogen-bond donors (Lipinski definition) is 2. The van der Waals surface area contributed by atoms with Crippen LogP contribution < -0.4 is 21.1 Å². The topological polar surface area (TPSA) is 151 Å². The number of aryl methyl sites for hydroxylation is 1. The van der Waals surface area contributed by atoms with Crippen molar-refractivity contribution < 1.29 is 9.53 Å². The smallest absolute Gasteiger partial charge is 0.181 e. The van der Waals surface area contributed by atoms with Gasteiger partial charge in [0, 0.05) is 57.9 Å². The molecule has 12 heteroatoms. The molecule has 1 atom stereocenters. The number of nitrogens with zero attached hydrogens (tertiary/aromatic N) is 7. The largest absolute Gasteiger partial charge is 0.485 e. The highest BCUT2D eigenvalue weighted by Gasteiger charge is 2.48. The van der Waals surface area contributed by atoms with Gasteiger partial charge in [-0.1, -0.05) is 18.2 Å². The average molecular weight is 530 g/mol. The number of nitrogens with two attached hydrogens (primary N) is 2. The van der Waals surface area contributed by atoms with Crippen LogP contribution in [0.5, 0.6) is 5.75 Å². The van der Waals surface area contributed by atoms with Gasteiger partial charge in [-0.15, -0.1) is 0 Å². The zero-order chi connectivity index (χ0) is 26.4. The van der Waals surface area contributed by atoms with Gasteiger partial charge in [0.15, 0.2) is 23.2 Å². The number of fused-ring (bicyclic) bond motifs is 1. The summed E-state index contributed by atoms with van der Waals surface area (Å²) in [4.78, 5) is 32.9. The van der Waals surface area contributed by atoms with Crippen molar-refractivity contribution in [1.82, 2.24) is 29.7 Å². The van der Waals surface area contributed by atoms with Gasteiger partial charge in [-0.2, -0.15) is 5.10 Å². The Balaban J connectivity index is 1.23. The summed E-state index contributed by atoms with van der Waals surface area (Å²) in [5.74, 6) is 1.86. The van der Waals surface area contributed by atoms with E-state index in [0.29, 0.717) is 53.3 Å². The highest BCUT2D eigenvalue weighted by atomic mass is 32.2. The second kappa shape index (κ2) is 9.37. The molecular formula is C26H27N9O2S. The predicted octanol–water partition coefficient (Wildman–Crippen LogP) is 3.03. The maximum absolute atomic E-state index is 12.7. The van der Waals surface area contributed by atoms with Crippen LogP contribution in [0.1, 0.15) is 41.9 Å². The van der Waals surface area contributed by atoms with Gasteiger partial charge in [0.2, 0.25) is 0 Å². The molecule has 11 nitrogen and oxygen atoms in total. The first-order valence-electron chi connectivity index (χ1n) is 12.3. The van der Waals surface area contributed by atoms with E-state index in [1.165, 1.54) is 18.7 Å². The lowest BCUT2D eigenvalue weighted by atomic mass is 9.83. The standard InChI is InChI=1S/C26H27N9O2S/c1-15(36)20-24(35-13-9-26(10-14-35)21(27)16-5-3-4-6-18(16)37-26)32-22(28)25(31-20)38-19-7-11-29-23(30-19)17-8-12-34(2)33-17/h3-8,11-12,21H,9-10,13-14,27H2,1-2H3,(H2,28,32)/t21-/m1/s1. The average Bonchev–Trinajstić information content (AvgIpc) is 3.47. The Bertz CT molecular complexity index is 1530. The van der Waals surface area contributed by atoms with Crippen LogP contribution in [0.25, 0.3) is 11.5 Å². The van der Waals surface area contributed by atoms with Crippen LogP contribution in [0.3, 0.4) is 0 Å². The molecule has 4 N–H and O–H groups in total. The minimum atomic E-state index is -0.469. The van der Waals surface area contributed by atoms with Crippen LogP contribution in [0.4, 0.5) is 11.6 Å². The molecule has 194 valence electrons. The maximum atomic E-state index is 12.7. The molecule has 0 saturated carbocycles.